The van der Waals surface area contributed by atoms with Crippen LogP contribution in [0.3, 0.4) is 0 Å². The quantitative estimate of drug-likeness (QED) is 0.492. The van der Waals surface area contributed by atoms with E-state index >= 15 is 0 Å². The van der Waals surface area contributed by atoms with E-state index in [1.54, 1.807) is 7.11 Å². The molecule has 2 saturated heterocycles. The van der Waals surface area contributed by atoms with E-state index in [0.717, 1.165) is 46.4 Å². The van der Waals surface area contributed by atoms with Crippen molar-refractivity contribution in [2.75, 3.05) is 56.7 Å². The first-order valence-corrected chi connectivity index (χ1v) is 14.4. The molecule has 0 bridgehead atoms. The van der Waals surface area contributed by atoms with Crippen LogP contribution in [0.2, 0.25) is 5.02 Å². The number of hydrogen-bond donors (Lipinski definition) is 1. The molecule has 0 spiro atoms. The maximum atomic E-state index is 11.6. The summed E-state index contributed by atoms with van der Waals surface area (Å²) in [5.41, 5.74) is 9.07. The largest absolute Gasteiger partial charge is 0.480 e. The molecule has 3 aliphatic rings. The van der Waals surface area contributed by atoms with Crippen LogP contribution in [0.25, 0.3) is 10.8 Å². The molecule has 0 aliphatic carbocycles. The van der Waals surface area contributed by atoms with E-state index in [0.29, 0.717) is 48.9 Å². The number of carbonyl (C=O) groups is 1. The zero-order chi connectivity index (χ0) is 28.2. The average Bonchev–Trinajstić information content (AvgIpc) is 3.47. The van der Waals surface area contributed by atoms with Gasteiger partial charge in [-0.3, -0.25) is 4.79 Å². The molecule has 8 nitrogen and oxygen atoms in total. The minimum absolute atomic E-state index is 0.0982. The fourth-order valence-electron chi connectivity index (χ4n) is 6.11. The number of hydrogen-bond acceptors (Lipinski definition) is 7. The van der Waals surface area contributed by atoms with Crippen molar-refractivity contribution < 1.29 is 9.53 Å². The standard InChI is InChI=1S/C26H26ClN5O2.C5H11N/c1-34-26-19(14-28)20-15-32(22-7-3-5-16-4-2-6-21(27)23(16)22)13-10-18(20)25(30-26)31-11-8-17(9-12-31)24(29)33;1-6-4-2-3-5-6/h2-7,17H,8-13,15H2,1H3,(H2,29,33);2-5H2,1H3. The molecule has 3 aliphatic heterocycles. The molecule has 1 aromatic heterocycles. The second-order valence-corrected chi connectivity index (χ2v) is 11.3. The van der Waals surface area contributed by atoms with Crippen LogP contribution in [0, 0.1) is 17.2 Å². The van der Waals surface area contributed by atoms with Crippen molar-refractivity contribution in [1.29, 1.82) is 5.26 Å². The molecule has 0 atom stereocenters. The lowest BCUT2D eigenvalue weighted by Crippen LogP contribution is -2.40. The molecule has 2 aromatic carbocycles. The van der Waals surface area contributed by atoms with Gasteiger partial charge in [-0.25, -0.2) is 0 Å². The lowest BCUT2D eigenvalue weighted by Gasteiger charge is -2.37. The third-order valence-corrected chi connectivity index (χ3v) is 8.66. The molecule has 40 heavy (non-hydrogen) atoms. The summed E-state index contributed by atoms with van der Waals surface area (Å²) in [7, 11) is 3.72. The number of nitrogens with zero attached hydrogens (tertiary/aromatic N) is 5. The second-order valence-electron chi connectivity index (χ2n) is 10.8. The third-order valence-electron chi connectivity index (χ3n) is 8.34. The van der Waals surface area contributed by atoms with E-state index in [1.807, 2.05) is 18.2 Å². The number of carbonyl (C=O) groups excluding carboxylic acids is 1. The van der Waals surface area contributed by atoms with Crippen LogP contribution in [-0.4, -0.2) is 62.7 Å². The van der Waals surface area contributed by atoms with Crippen LogP contribution in [0.5, 0.6) is 5.88 Å². The van der Waals surface area contributed by atoms with Crippen LogP contribution in [0.1, 0.15) is 42.4 Å². The highest BCUT2D eigenvalue weighted by Crippen LogP contribution is 2.40. The normalized spacial score (nSPS) is 17.6. The Bertz CT molecular complexity index is 1420. The number of rotatable bonds is 4. The maximum Gasteiger partial charge on any atom is 0.233 e. The monoisotopic (exact) mass is 560 g/mol. The number of halogens is 1. The van der Waals surface area contributed by atoms with Gasteiger partial charge in [0.25, 0.3) is 0 Å². The maximum absolute atomic E-state index is 11.6. The van der Waals surface area contributed by atoms with E-state index in [-0.39, 0.29) is 11.8 Å². The topological polar surface area (TPSA) is 98.7 Å². The lowest BCUT2D eigenvalue weighted by molar-refractivity contribution is -0.122. The Kier molecular flexibility index (Phi) is 8.63. The van der Waals surface area contributed by atoms with Crippen LogP contribution in [0.15, 0.2) is 36.4 Å². The van der Waals surface area contributed by atoms with Gasteiger partial charge in [0.2, 0.25) is 11.8 Å². The summed E-state index contributed by atoms with van der Waals surface area (Å²) in [5.74, 6) is 0.853. The van der Waals surface area contributed by atoms with E-state index in [1.165, 1.54) is 25.9 Å². The molecule has 0 saturated carbocycles. The average molecular weight is 561 g/mol. The molecular formula is C31H37ClN6O2. The summed E-state index contributed by atoms with van der Waals surface area (Å²) in [5, 5.41) is 12.8. The number of nitrogens with two attached hydrogens (primary N) is 1. The molecule has 210 valence electrons. The van der Waals surface area contributed by atoms with Gasteiger partial charge >= 0.3 is 0 Å². The molecule has 2 N–H and O–H groups in total. The second kappa shape index (κ2) is 12.3. The van der Waals surface area contributed by atoms with Gasteiger partial charge in [-0.1, -0.05) is 35.9 Å². The van der Waals surface area contributed by atoms with Crippen LogP contribution >= 0.6 is 11.6 Å². The lowest BCUT2D eigenvalue weighted by atomic mass is 9.92. The molecule has 0 radical (unpaired) electrons. The molecule has 2 fully saturated rings. The Morgan fingerprint density at radius 2 is 1.75 bits per heavy atom. The SMILES string of the molecule is CN1CCCC1.COc1nc(N2CCC(C(N)=O)CC2)c2c(c1C#N)CN(c1cccc3cccc(Cl)c13)CC2. The van der Waals surface area contributed by atoms with Gasteiger partial charge in [0.1, 0.15) is 17.5 Å². The van der Waals surface area contributed by atoms with E-state index in [4.69, 9.17) is 27.1 Å². The number of nitriles is 1. The fourth-order valence-corrected chi connectivity index (χ4v) is 6.39. The third kappa shape index (κ3) is 5.67. The highest BCUT2D eigenvalue weighted by molar-refractivity contribution is 6.36. The van der Waals surface area contributed by atoms with Gasteiger partial charge < -0.3 is 25.2 Å². The number of methoxy groups -OCH3 is 1. The summed E-state index contributed by atoms with van der Waals surface area (Å²) in [6.45, 7) is 5.38. The predicted octanol–water partition coefficient (Wildman–Crippen LogP) is 4.74. The molecular weight excluding hydrogens is 524 g/mol. The highest BCUT2D eigenvalue weighted by atomic mass is 35.5. The van der Waals surface area contributed by atoms with E-state index in [9.17, 15) is 10.1 Å². The number of likely N-dealkylation sites (tertiary alicyclic amines) is 1. The summed E-state index contributed by atoms with van der Waals surface area (Å²) >= 11 is 6.60. The summed E-state index contributed by atoms with van der Waals surface area (Å²) < 4.78 is 5.55. The molecule has 4 heterocycles. The predicted molar refractivity (Wildman–Crippen MR) is 160 cm³/mol. The van der Waals surface area contributed by atoms with Gasteiger partial charge in [-0.15, -0.1) is 0 Å². The van der Waals surface area contributed by atoms with Gasteiger partial charge in [-0.2, -0.15) is 10.2 Å². The number of fused-ring (bicyclic) bond motifs is 2. The van der Waals surface area contributed by atoms with Gasteiger partial charge in [0.15, 0.2) is 0 Å². The number of ether oxygens (including phenoxy) is 1. The van der Waals surface area contributed by atoms with Crippen molar-refractivity contribution in [3.8, 4) is 11.9 Å². The molecule has 3 aromatic rings. The Hall–Kier alpha value is -3.54. The molecule has 0 unspecified atom stereocenters. The number of amides is 1. The van der Waals surface area contributed by atoms with Crippen molar-refractivity contribution in [1.82, 2.24) is 9.88 Å². The highest BCUT2D eigenvalue weighted by Gasteiger charge is 2.31. The van der Waals surface area contributed by atoms with E-state index < -0.39 is 0 Å². The first-order valence-electron chi connectivity index (χ1n) is 14.1. The Morgan fingerprint density at radius 3 is 2.35 bits per heavy atom. The summed E-state index contributed by atoms with van der Waals surface area (Å²) in [4.78, 5) is 23.2. The minimum Gasteiger partial charge on any atom is -0.480 e. The van der Waals surface area contributed by atoms with Crippen LogP contribution in [0.4, 0.5) is 11.5 Å². The fraction of sp³-hybridized carbons (Fsp3) is 0.452. The Morgan fingerprint density at radius 1 is 1.05 bits per heavy atom. The van der Waals surface area contributed by atoms with Crippen molar-refractivity contribution >= 4 is 39.8 Å². The van der Waals surface area contributed by atoms with Gasteiger partial charge in [0, 0.05) is 54.3 Å². The number of aromatic nitrogens is 1. The minimum atomic E-state index is -0.239. The van der Waals surface area contributed by atoms with Crippen molar-refractivity contribution in [3.05, 3.63) is 58.1 Å². The molecule has 1 amide bonds. The van der Waals surface area contributed by atoms with E-state index in [2.05, 4.69) is 46.0 Å². The van der Waals surface area contributed by atoms with Gasteiger partial charge in [-0.05, 0) is 69.8 Å². The first kappa shape index (κ1) is 28.0. The summed E-state index contributed by atoms with van der Waals surface area (Å²) in [6.07, 6.45) is 4.98. The van der Waals surface area contributed by atoms with Crippen molar-refractivity contribution in [2.24, 2.45) is 11.7 Å². The first-order chi connectivity index (χ1) is 19.4. The number of anilines is 2. The molecule has 6 rings (SSSR count). The Balaban J connectivity index is 0.000000477. The van der Waals surface area contributed by atoms with Crippen LogP contribution in [-0.2, 0) is 17.8 Å². The molecule has 9 heteroatoms. The zero-order valence-corrected chi connectivity index (χ0v) is 24.1. The van der Waals surface area contributed by atoms with Crippen LogP contribution < -0.4 is 20.3 Å². The smallest absolute Gasteiger partial charge is 0.233 e. The number of pyridine rings is 1. The zero-order valence-electron chi connectivity index (χ0n) is 23.3. The van der Waals surface area contributed by atoms with Crippen molar-refractivity contribution in [2.45, 2.75) is 38.6 Å². The number of benzene rings is 2. The van der Waals surface area contributed by atoms with Gasteiger partial charge in [0.05, 0.1) is 12.1 Å². The number of primary amides is 1. The van der Waals surface area contributed by atoms with Crippen molar-refractivity contribution in [3.63, 3.8) is 0 Å². The Labute approximate surface area is 241 Å². The number of piperidine rings is 1. The summed E-state index contributed by atoms with van der Waals surface area (Å²) in [6, 6.07) is 14.4.